The fourth-order valence-electron chi connectivity index (χ4n) is 8.64. The van der Waals surface area contributed by atoms with Crippen molar-refractivity contribution in [2.24, 2.45) is 0 Å². The van der Waals surface area contributed by atoms with Crippen LogP contribution >= 0.6 is 0 Å². The first-order valence-electron chi connectivity index (χ1n) is 18.2. The van der Waals surface area contributed by atoms with Gasteiger partial charge in [0.25, 0.3) is 0 Å². The van der Waals surface area contributed by atoms with Crippen molar-refractivity contribution in [1.82, 2.24) is 9.13 Å². The molecule has 254 valence electrons. The average Bonchev–Trinajstić information content (AvgIpc) is 3.91. The summed E-state index contributed by atoms with van der Waals surface area (Å²) in [7, 11) is 0. The van der Waals surface area contributed by atoms with E-state index in [9.17, 15) is 10.5 Å². The molecule has 0 spiro atoms. The Kier molecular flexibility index (Phi) is 6.61. The molecule has 11 rings (SSSR count). The van der Waals surface area contributed by atoms with Crippen LogP contribution in [-0.4, -0.2) is 9.13 Å². The Morgan fingerprint density at radius 1 is 0.400 bits per heavy atom. The number of nitriles is 2. The zero-order valence-corrected chi connectivity index (χ0v) is 29.4. The van der Waals surface area contributed by atoms with Crippen LogP contribution in [-0.2, 0) is 0 Å². The lowest BCUT2D eigenvalue weighted by molar-refractivity contribution is 0.673. The van der Waals surface area contributed by atoms with Crippen LogP contribution in [0.3, 0.4) is 0 Å². The second-order valence-electron chi connectivity index (χ2n) is 13.9. The molecule has 0 unspecified atom stereocenters. The summed E-state index contributed by atoms with van der Waals surface area (Å²) in [5, 5.41) is 28.0. The Labute approximate surface area is 315 Å². The summed E-state index contributed by atoms with van der Waals surface area (Å²) in [5.41, 5.74) is 11.7. The first-order valence-corrected chi connectivity index (χ1v) is 18.2. The van der Waals surface area contributed by atoms with Gasteiger partial charge < -0.3 is 13.6 Å². The Hall–Kier alpha value is -7.86. The van der Waals surface area contributed by atoms with Crippen molar-refractivity contribution in [2.45, 2.75) is 0 Å². The smallest absolute Gasteiger partial charge is 0.145 e. The molecule has 3 aromatic heterocycles. The van der Waals surface area contributed by atoms with E-state index < -0.39 is 0 Å². The molecule has 0 amide bonds. The second-order valence-corrected chi connectivity index (χ2v) is 13.9. The number of furan rings is 1. The van der Waals surface area contributed by atoms with Gasteiger partial charge in [0.05, 0.1) is 50.7 Å². The Morgan fingerprint density at radius 2 is 0.927 bits per heavy atom. The van der Waals surface area contributed by atoms with E-state index in [1.165, 1.54) is 0 Å². The van der Waals surface area contributed by atoms with Crippen molar-refractivity contribution in [1.29, 1.82) is 10.5 Å². The van der Waals surface area contributed by atoms with Gasteiger partial charge in [0.15, 0.2) is 0 Å². The summed E-state index contributed by atoms with van der Waals surface area (Å²) in [6, 6.07) is 62.9. The van der Waals surface area contributed by atoms with Crippen molar-refractivity contribution in [2.75, 3.05) is 0 Å². The van der Waals surface area contributed by atoms with Crippen LogP contribution < -0.4 is 0 Å². The predicted molar refractivity (Wildman–Crippen MR) is 223 cm³/mol. The first kappa shape index (κ1) is 30.7. The number of hydrogen-bond acceptors (Lipinski definition) is 3. The van der Waals surface area contributed by atoms with Crippen LogP contribution in [0, 0.1) is 22.7 Å². The van der Waals surface area contributed by atoms with Crippen LogP contribution in [0.15, 0.2) is 174 Å². The first-order chi connectivity index (χ1) is 27.2. The molecular formula is C50H28N4O. The number of nitrogens with zero attached hydrogens (tertiary/aromatic N) is 4. The molecule has 0 N–H and O–H groups in total. The van der Waals surface area contributed by atoms with Crippen molar-refractivity contribution < 1.29 is 4.42 Å². The normalized spacial score (nSPS) is 11.6. The van der Waals surface area contributed by atoms with Crippen LogP contribution in [0.25, 0.3) is 99.2 Å². The molecule has 0 bridgehead atoms. The standard InChI is InChI=1S/C50H28N4O/c51-29-34-24-32(31-12-2-1-3-13-31)25-35(30-52)48(34)33-26-36(53-43-18-8-4-14-38(43)39-15-5-9-19-44(39)53)28-37(27-33)54-45-20-10-6-17-42(45)49-46(54)23-22-41-40-16-7-11-21-47(40)55-50(41)49/h1-28H. The van der Waals surface area contributed by atoms with Crippen molar-refractivity contribution in [3.63, 3.8) is 0 Å². The number of hydrogen-bond donors (Lipinski definition) is 0. The number of fused-ring (bicyclic) bond motifs is 10. The lowest BCUT2D eigenvalue weighted by atomic mass is 9.90. The van der Waals surface area contributed by atoms with E-state index in [2.05, 4.69) is 130 Å². The molecule has 0 atom stereocenters. The molecule has 5 nitrogen and oxygen atoms in total. The number of aromatic nitrogens is 2. The molecule has 11 aromatic rings. The molecule has 0 fully saturated rings. The zero-order chi connectivity index (χ0) is 36.6. The minimum absolute atomic E-state index is 0.439. The van der Waals surface area contributed by atoms with E-state index in [0.29, 0.717) is 16.7 Å². The van der Waals surface area contributed by atoms with Gasteiger partial charge in [0, 0.05) is 43.9 Å². The van der Waals surface area contributed by atoms with Crippen LogP contribution in [0.1, 0.15) is 11.1 Å². The highest BCUT2D eigenvalue weighted by Gasteiger charge is 2.22. The summed E-state index contributed by atoms with van der Waals surface area (Å²) >= 11 is 0. The van der Waals surface area contributed by atoms with Crippen molar-refractivity contribution >= 4 is 65.6 Å². The Bertz CT molecular complexity index is 3370. The van der Waals surface area contributed by atoms with Gasteiger partial charge in [0.1, 0.15) is 11.2 Å². The molecule has 0 saturated carbocycles. The molecule has 5 heteroatoms. The minimum Gasteiger partial charge on any atom is -0.455 e. The number of para-hydroxylation sites is 4. The van der Waals surface area contributed by atoms with Crippen molar-refractivity contribution in [3.8, 4) is 45.8 Å². The highest BCUT2D eigenvalue weighted by molar-refractivity contribution is 6.24. The van der Waals surface area contributed by atoms with Crippen LogP contribution in [0.2, 0.25) is 0 Å². The molecule has 0 saturated heterocycles. The third-order valence-corrected chi connectivity index (χ3v) is 11.0. The van der Waals surface area contributed by atoms with Gasteiger partial charge in [-0.15, -0.1) is 0 Å². The highest BCUT2D eigenvalue weighted by atomic mass is 16.3. The Morgan fingerprint density at radius 3 is 1.56 bits per heavy atom. The maximum atomic E-state index is 10.7. The highest BCUT2D eigenvalue weighted by Crippen LogP contribution is 2.43. The maximum Gasteiger partial charge on any atom is 0.145 e. The lowest BCUT2D eigenvalue weighted by Gasteiger charge is -2.17. The van der Waals surface area contributed by atoms with Crippen LogP contribution in [0.4, 0.5) is 0 Å². The molecule has 0 aliphatic rings. The summed E-state index contributed by atoms with van der Waals surface area (Å²) in [6.07, 6.45) is 0. The third-order valence-electron chi connectivity index (χ3n) is 11.0. The monoisotopic (exact) mass is 700 g/mol. The fraction of sp³-hybridized carbons (Fsp3) is 0. The van der Waals surface area contributed by atoms with Gasteiger partial charge in [-0.3, -0.25) is 0 Å². The van der Waals surface area contributed by atoms with E-state index >= 15 is 0 Å². The van der Waals surface area contributed by atoms with Gasteiger partial charge in [0.2, 0.25) is 0 Å². The maximum absolute atomic E-state index is 10.7. The molecule has 0 radical (unpaired) electrons. The quantitative estimate of drug-likeness (QED) is 0.183. The lowest BCUT2D eigenvalue weighted by Crippen LogP contribution is -2.01. The molecule has 8 aromatic carbocycles. The van der Waals surface area contributed by atoms with Gasteiger partial charge in [-0.25, -0.2) is 0 Å². The third kappa shape index (κ3) is 4.51. The predicted octanol–water partition coefficient (Wildman–Crippen LogP) is 12.9. The molecular weight excluding hydrogens is 673 g/mol. The summed E-state index contributed by atoms with van der Waals surface area (Å²) < 4.78 is 11.2. The minimum atomic E-state index is 0.439. The van der Waals surface area contributed by atoms with E-state index in [4.69, 9.17) is 4.42 Å². The summed E-state index contributed by atoms with van der Waals surface area (Å²) in [6.45, 7) is 0. The van der Waals surface area contributed by atoms with E-state index in [0.717, 1.165) is 93.6 Å². The Balaban J connectivity index is 1.27. The topological polar surface area (TPSA) is 70.6 Å². The van der Waals surface area contributed by atoms with Crippen molar-refractivity contribution in [3.05, 3.63) is 181 Å². The van der Waals surface area contributed by atoms with Crippen LogP contribution in [0.5, 0.6) is 0 Å². The summed E-state index contributed by atoms with van der Waals surface area (Å²) in [4.78, 5) is 0. The van der Waals surface area contributed by atoms with E-state index in [-0.39, 0.29) is 0 Å². The SMILES string of the molecule is N#Cc1cc(-c2ccccc2)cc(C#N)c1-c1cc(-n2c3ccccc3c3ccccc32)cc(-n2c3ccccc3c3c4oc5ccccc5c4ccc32)c1. The van der Waals surface area contributed by atoms with Gasteiger partial charge in [-0.05, 0) is 83.4 Å². The summed E-state index contributed by atoms with van der Waals surface area (Å²) in [5.74, 6) is 0. The van der Waals surface area contributed by atoms with Gasteiger partial charge in [-0.1, -0.05) is 103 Å². The second kappa shape index (κ2) is 11.8. The molecule has 3 heterocycles. The molecule has 0 aliphatic heterocycles. The number of benzene rings is 8. The zero-order valence-electron chi connectivity index (χ0n) is 29.4. The fourth-order valence-corrected chi connectivity index (χ4v) is 8.64. The van der Waals surface area contributed by atoms with E-state index in [1.54, 1.807) is 0 Å². The van der Waals surface area contributed by atoms with Gasteiger partial charge >= 0.3 is 0 Å². The van der Waals surface area contributed by atoms with Gasteiger partial charge in [-0.2, -0.15) is 10.5 Å². The average molecular weight is 701 g/mol. The largest absolute Gasteiger partial charge is 0.455 e. The van der Waals surface area contributed by atoms with E-state index in [1.807, 2.05) is 60.7 Å². The molecule has 55 heavy (non-hydrogen) atoms. The molecule has 0 aliphatic carbocycles. The number of rotatable bonds is 4.